The third-order valence-electron chi connectivity index (χ3n) is 3.78. The molecule has 0 aromatic rings. The van der Waals surface area contributed by atoms with Gasteiger partial charge in [-0.3, -0.25) is 4.79 Å². The Kier molecular flexibility index (Phi) is 4.18. The van der Waals surface area contributed by atoms with E-state index in [4.69, 9.17) is 0 Å². The van der Waals surface area contributed by atoms with Crippen LogP contribution in [0.3, 0.4) is 0 Å². The van der Waals surface area contributed by atoms with Gasteiger partial charge in [0.15, 0.2) is 0 Å². The molecule has 1 N–H and O–H groups in total. The molecule has 92 valence electrons. The van der Waals surface area contributed by atoms with Crippen LogP contribution < -0.4 is 5.32 Å². The molecule has 2 aliphatic rings. The van der Waals surface area contributed by atoms with E-state index in [1.54, 1.807) is 0 Å². The molecule has 2 saturated heterocycles. The maximum atomic E-state index is 12.1. The molecule has 0 spiro atoms. The first-order valence-electron chi connectivity index (χ1n) is 6.43. The Hall–Kier alpha value is -0.610. The van der Waals surface area contributed by atoms with Crippen LogP contribution in [-0.2, 0) is 4.79 Å². The number of carbonyl (C=O) groups excluding carboxylic acids is 1. The van der Waals surface area contributed by atoms with Crippen LogP contribution in [0.15, 0.2) is 0 Å². The summed E-state index contributed by atoms with van der Waals surface area (Å²) in [6.07, 6.45) is 3.10. The second-order valence-electron chi connectivity index (χ2n) is 5.08. The Labute approximate surface area is 98.0 Å². The fraction of sp³-hybridized carbons (Fsp3) is 0.917. The van der Waals surface area contributed by atoms with Gasteiger partial charge in [0.2, 0.25) is 5.91 Å². The number of piperazine rings is 1. The van der Waals surface area contributed by atoms with Gasteiger partial charge >= 0.3 is 0 Å². The fourth-order valence-corrected chi connectivity index (χ4v) is 2.52. The fourth-order valence-electron chi connectivity index (χ4n) is 2.52. The van der Waals surface area contributed by atoms with E-state index >= 15 is 0 Å². The molecule has 0 radical (unpaired) electrons. The number of amides is 1. The summed E-state index contributed by atoms with van der Waals surface area (Å²) in [5.74, 6) is 0.994. The Bertz CT molecular complexity index is 230. The maximum Gasteiger partial charge on any atom is 0.222 e. The Morgan fingerprint density at radius 3 is 2.44 bits per heavy atom. The van der Waals surface area contributed by atoms with Gasteiger partial charge < -0.3 is 15.1 Å². The Morgan fingerprint density at radius 1 is 1.19 bits per heavy atom. The van der Waals surface area contributed by atoms with Gasteiger partial charge in [0.25, 0.3) is 0 Å². The van der Waals surface area contributed by atoms with E-state index in [0.29, 0.717) is 11.8 Å². The van der Waals surface area contributed by atoms with Crippen molar-refractivity contribution in [1.82, 2.24) is 15.1 Å². The molecule has 4 nitrogen and oxygen atoms in total. The molecule has 2 aliphatic heterocycles. The zero-order chi connectivity index (χ0) is 11.4. The average Bonchev–Trinajstić information content (AvgIpc) is 2.31. The molecule has 0 aromatic carbocycles. The third-order valence-corrected chi connectivity index (χ3v) is 3.78. The number of hydrogen-bond donors (Lipinski definition) is 1. The number of rotatable bonds is 2. The summed E-state index contributed by atoms with van der Waals surface area (Å²) < 4.78 is 0. The topological polar surface area (TPSA) is 35.6 Å². The molecular formula is C12H23N3O. The first-order valence-corrected chi connectivity index (χ1v) is 6.43. The highest BCUT2D eigenvalue weighted by atomic mass is 16.2. The molecule has 0 atom stereocenters. The highest BCUT2D eigenvalue weighted by Crippen LogP contribution is 2.17. The van der Waals surface area contributed by atoms with Crippen molar-refractivity contribution in [3.8, 4) is 0 Å². The second kappa shape index (κ2) is 5.64. The highest BCUT2D eigenvalue weighted by molar-refractivity contribution is 5.76. The van der Waals surface area contributed by atoms with Gasteiger partial charge in [0.1, 0.15) is 0 Å². The van der Waals surface area contributed by atoms with Gasteiger partial charge in [-0.05, 0) is 38.9 Å². The van der Waals surface area contributed by atoms with Crippen LogP contribution in [0.1, 0.15) is 19.3 Å². The smallest absolute Gasteiger partial charge is 0.222 e. The van der Waals surface area contributed by atoms with Crippen molar-refractivity contribution >= 4 is 5.91 Å². The molecule has 2 heterocycles. The summed E-state index contributed by atoms with van der Waals surface area (Å²) in [4.78, 5) is 16.4. The summed E-state index contributed by atoms with van der Waals surface area (Å²) in [6, 6.07) is 0. The Morgan fingerprint density at radius 2 is 1.81 bits per heavy atom. The number of piperidine rings is 1. The largest absolute Gasteiger partial charge is 0.340 e. The van der Waals surface area contributed by atoms with Crippen molar-refractivity contribution in [3.05, 3.63) is 0 Å². The Balaban J connectivity index is 1.74. The minimum Gasteiger partial charge on any atom is -0.340 e. The second-order valence-corrected chi connectivity index (χ2v) is 5.08. The summed E-state index contributed by atoms with van der Waals surface area (Å²) in [5.41, 5.74) is 0. The van der Waals surface area contributed by atoms with Crippen molar-refractivity contribution in [3.63, 3.8) is 0 Å². The maximum absolute atomic E-state index is 12.1. The van der Waals surface area contributed by atoms with Crippen LogP contribution in [0, 0.1) is 5.92 Å². The first-order chi connectivity index (χ1) is 7.75. The summed E-state index contributed by atoms with van der Waals surface area (Å²) >= 11 is 0. The predicted molar refractivity (Wildman–Crippen MR) is 64.3 cm³/mol. The minimum absolute atomic E-state index is 0.375. The lowest BCUT2D eigenvalue weighted by molar-refractivity contribution is -0.133. The molecule has 0 saturated carbocycles. The molecule has 16 heavy (non-hydrogen) atoms. The lowest BCUT2D eigenvalue weighted by Crippen LogP contribution is -2.47. The number of carbonyl (C=O) groups is 1. The van der Waals surface area contributed by atoms with E-state index in [9.17, 15) is 4.79 Å². The molecule has 4 heteroatoms. The number of hydrogen-bond acceptors (Lipinski definition) is 3. The predicted octanol–water partition coefficient (Wildman–Crippen LogP) is 0.150. The molecule has 0 bridgehead atoms. The number of nitrogens with one attached hydrogen (secondary N) is 1. The van der Waals surface area contributed by atoms with Crippen molar-refractivity contribution in [1.29, 1.82) is 0 Å². The van der Waals surface area contributed by atoms with E-state index in [-0.39, 0.29) is 0 Å². The van der Waals surface area contributed by atoms with E-state index < -0.39 is 0 Å². The lowest BCUT2D eigenvalue weighted by Gasteiger charge is -2.33. The average molecular weight is 225 g/mol. The molecule has 0 aromatic heterocycles. The van der Waals surface area contributed by atoms with Gasteiger partial charge in [-0.2, -0.15) is 0 Å². The van der Waals surface area contributed by atoms with Crippen LogP contribution in [0.25, 0.3) is 0 Å². The van der Waals surface area contributed by atoms with Crippen molar-refractivity contribution in [2.24, 2.45) is 5.92 Å². The summed E-state index contributed by atoms with van der Waals surface area (Å²) in [7, 11) is 2.12. The molecule has 2 rings (SSSR count). The third kappa shape index (κ3) is 3.19. The molecule has 2 fully saturated rings. The zero-order valence-corrected chi connectivity index (χ0v) is 10.2. The van der Waals surface area contributed by atoms with Gasteiger partial charge in [0, 0.05) is 32.6 Å². The van der Waals surface area contributed by atoms with Gasteiger partial charge in [-0.25, -0.2) is 0 Å². The quantitative estimate of drug-likeness (QED) is 0.726. The SMILES string of the molecule is CN1CCN(C(=O)CC2CCNCC2)CC1. The van der Waals surface area contributed by atoms with Crippen molar-refractivity contribution < 1.29 is 4.79 Å². The standard InChI is InChI=1S/C12H23N3O/c1-14-6-8-15(9-7-14)12(16)10-11-2-4-13-5-3-11/h11,13H,2-10H2,1H3. The van der Waals surface area contributed by atoms with Gasteiger partial charge in [-0.15, -0.1) is 0 Å². The number of nitrogens with zero attached hydrogens (tertiary/aromatic N) is 2. The minimum atomic E-state index is 0.375. The van der Waals surface area contributed by atoms with E-state index in [2.05, 4.69) is 17.3 Å². The van der Waals surface area contributed by atoms with Crippen LogP contribution >= 0.6 is 0 Å². The summed E-state index contributed by atoms with van der Waals surface area (Å²) in [5, 5.41) is 3.34. The highest BCUT2D eigenvalue weighted by Gasteiger charge is 2.23. The monoisotopic (exact) mass is 225 g/mol. The molecule has 0 unspecified atom stereocenters. The van der Waals surface area contributed by atoms with E-state index in [1.807, 2.05) is 4.90 Å². The summed E-state index contributed by atoms with van der Waals surface area (Å²) in [6.45, 7) is 6.05. The molecular weight excluding hydrogens is 202 g/mol. The van der Waals surface area contributed by atoms with Crippen LogP contribution in [-0.4, -0.2) is 62.0 Å². The van der Waals surface area contributed by atoms with Crippen LogP contribution in [0.4, 0.5) is 0 Å². The van der Waals surface area contributed by atoms with Gasteiger partial charge in [-0.1, -0.05) is 0 Å². The van der Waals surface area contributed by atoms with Gasteiger partial charge in [0.05, 0.1) is 0 Å². The normalized spacial score (nSPS) is 24.7. The van der Waals surface area contributed by atoms with Crippen molar-refractivity contribution in [2.75, 3.05) is 46.3 Å². The van der Waals surface area contributed by atoms with E-state index in [1.165, 1.54) is 12.8 Å². The number of likely N-dealkylation sites (N-methyl/N-ethyl adjacent to an activating group) is 1. The van der Waals surface area contributed by atoms with Crippen LogP contribution in [0.5, 0.6) is 0 Å². The first kappa shape index (κ1) is 11.9. The lowest BCUT2D eigenvalue weighted by atomic mass is 9.94. The van der Waals surface area contributed by atoms with Crippen LogP contribution in [0.2, 0.25) is 0 Å². The molecule has 1 amide bonds. The van der Waals surface area contributed by atoms with E-state index in [0.717, 1.165) is 45.7 Å². The zero-order valence-electron chi connectivity index (χ0n) is 10.2. The molecule has 0 aliphatic carbocycles. The van der Waals surface area contributed by atoms with Crippen molar-refractivity contribution in [2.45, 2.75) is 19.3 Å².